The molecule has 0 aromatic rings. The van der Waals surface area contributed by atoms with Gasteiger partial charge in [0.2, 0.25) is 0 Å². The van der Waals surface area contributed by atoms with Gasteiger partial charge in [0.05, 0.1) is 0 Å². The summed E-state index contributed by atoms with van der Waals surface area (Å²) in [5, 5.41) is 3.73. The van der Waals surface area contributed by atoms with Gasteiger partial charge in [0.25, 0.3) is 0 Å². The highest BCUT2D eigenvalue weighted by atomic mass is 15.2. The highest BCUT2D eigenvalue weighted by molar-refractivity contribution is 4.77. The number of hydrogen-bond donors (Lipinski definition) is 1. The Morgan fingerprint density at radius 2 is 1.94 bits per heavy atom. The zero-order valence-electron chi connectivity index (χ0n) is 12.9. The molecule has 2 atom stereocenters. The quantitative estimate of drug-likeness (QED) is 0.629. The van der Waals surface area contributed by atoms with E-state index in [0.717, 1.165) is 6.04 Å². The van der Waals surface area contributed by atoms with Crippen molar-refractivity contribution in [3.8, 4) is 0 Å². The fraction of sp³-hybridized carbons (Fsp3) is 1.00. The Kier molecular flexibility index (Phi) is 8.70. The summed E-state index contributed by atoms with van der Waals surface area (Å²) < 4.78 is 0. The molecule has 0 spiro atoms. The molecule has 0 amide bonds. The summed E-state index contributed by atoms with van der Waals surface area (Å²) in [5.74, 6) is 0. The number of hydrogen-bond acceptors (Lipinski definition) is 2. The average molecular weight is 254 g/mol. The van der Waals surface area contributed by atoms with Gasteiger partial charge in [0.1, 0.15) is 0 Å². The van der Waals surface area contributed by atoms with Crippen LogP contribution in [-0.4, -0.2) is 37.1 Å². The molecule has 0 aromatic heterocycles. The van der Waals surface area contributed by atoms with Crippen LogP contribution < -0.4 is 5.32 Å². The van der Waals surface area contributed by atoms with Crippen molar-refractivity contribution in [2.45, 2.75) is 83.7 Å². The molecule has 1 N–H and O–H groups in total. The third-order valence-corrected chi connectivity index (χ3v) is 4.36. The number of likely N-dealkylation sites (tertiary alicyclic amines) is 1. The first-order valence-corrected chi connectivity index (χ1v) is 8.17. The van der Waals surface area contributed by atoms with Crippen molar-refractivity contribution in [1.29, 1.82) is 0 Å². The van der Waals surface area contributed by atoms with E-state index in [2.05, 4.69) is 31.1 Å². The summed E-state index contributed by atoms with van der Waals surface area (Å²) in [4.78, 5) is 2.53. The fourth-order valence-corrected chi connectivity index (χ4v) is 2.90. The van der Waals surface area contributed by atoms with E-state index in [1.165, 1.54) is 70.9 Å². The van der Waals surface area contributed by atoms with Crippen LogP contribution in [-0.2, 0) is 0 Å². The van der Waals surface area contributed by atoms with E-state index < -0.39 is 0 Å². The summed E-state index contributed by atoms with van der Waals surface area (Å²) >= 11 is 0. The van der Waals surface area contributed by atoms with Crippen molar-refractivity contribution < 1.29 is 0 Å². The minimum atomic E-state index is 0.696. The van der Waals surface area contributed by atoms with E-state index in [-0.39, 0.29) is 0 Å². The molecule has 1 fully saturated rings. The smallest absolute Gasteiger partial charge is 0.0217 e. The summed E-state index contributed by atoms with van der Waals surface area (Å²) in [7, 11) is 2.28. The SMILES string of the molecule is CCCCCCCC(C)NCC1CCCCN1C. The first-order chi connectivity index (χ1) is 8.74. The van der Waals surface area contributed by atoms with Crippen molar-refractivity contribution in [1.82, 2.24) is 10.2 Å². The van der Waals surface area contributed by atoms with E-state index in [4.69, 9.17) is 0 Å². The molecule has 1 saturated heterocycles. The molecule has 1 heterocycles. The lowest BCUT2D eigenvalue weighted by atomic mass is 10.0. The summed E-state index contributed by atoms with van der Waals surface area (Å²) in [6, 6.07) is 1.48. The van der Waals surface area contributed by atoms with Crippen molar-refractivity contribution in [3.05, 3.63) is 0 Å². The molecule has 1 aliphatic rings. The molecule has 0 radical (unpaired) electrons. The van der Waals surface area contributed by atoms with E-state index in [0.29, 0.717) is 6.04 Å². The first-order valence-electron chi connectivity index (χ1n) is 8.17. The highest BCUT2D eigenvalue weighted by Crippen LogP contribution is 2.14. The number of nitrogens with zero attached hydrogens (tertiary/aromatic N) is 1. The standard InChI is InChI=1S/C16H34N2/c1-4-5-6-7-8-11-15(2)17-14-16-12-9-10-13-18(16)3/h15-17H,4-14H2,1-3H3. The molecular formula is C16H34N2. The second-order valence-corrected chi connectivity index (χ2v) is 6.14. The van der Waals surface area contributed by atoms with Gasteiger partial charge in [0.15, 0.2) is 0 Å². The largest absolute Gasteiger partial charge is 0.313 e. The summed E-state index contributed by atoms with van der Waals surface area (Å²) in [6.07, 6.45) is 12.5. The monoisotopic (exact) mass is 254 g/mol. The molecule has 18 heavy (non-hydrogen) atoms. The Balaban J connectivity index is 2.00. The first kappa shape index (κ1) is 16.0. The van der Waals surface area contributed by atoms with Gasteiger partial charge in [0, 0.05) is 18.6 Å². The molecule has 108 valence electrons. The van der Waals surface area contributed by atoms with Gasteiger partial charge < -0.3 is 10.2 Å². The fourth-order valence-electron chi connectivity index (χ4n) is 2.90. The maximum atomic E-state index is 3.73. The number of piperidine rings is 1. The second-order valence-electron chi connectivity index (χ2n) is 6.14. The minimum Gasteiger partial charge on any atom is -0.313 e. The lowest BCUT2D eigenvalue weighted by molar-refractivity contribution is 0.177. The molecule has 0 aromatic carbocycles. The van der Waals surface area contributed by atoms with Crippen molar-refractivity contribution in [2.75, 3.05) is 20.1 Å². The minimum absolute atomic E-state index is 0.696. The van der Waals surface area contributed by atoms with Crippen LogP contribution in [0.25, 0.3) is 0 Å². The van der Waals surface area contributed by atoms with Crippen molar-refractivity contribution >= 4 is 0 Å². The van der Waals surface area contributed by atoms with Crippen LogP contribution in [0.15, 0.2) is 0 Å². The van der Waals surface area contributed by atoms with Crippen LogP contribution in [0.3, 0.4) is 0 Å². The summed E-state index contributed by atoms with van der Waals surface area (Å²) in [5.41, 5.74) is 0. The Morgan fingerprint density at radius 1 is 1.17 bits per heavy atom. The van der Waals surface area contributed by atoms with E-state index in [1.807, 2.05) is 0 Å². The number of nitrogens with one attached hydrogen (secondary N) is 1. The zero-order chi connectivity index (χ0) is 13.2. The lowest BCUT2D eigenvalue weighted by Crippen LogP contribution is -2.45. The van der Waals surface area contributed by atoms with E-state index in [1.54, 1.807) is 0 Å². The van der Waals surface area contributed by atoms with Gasteiger partial charge in [-0.05, 0) is 39.8 Å². The Bertz CT molecular complexity index is 194. The topological polar surface area (TPSA) is 15.3 Å². The van der Waals surface area contributed by atoms with Crippen molar-refractivity contribution in [2.24, 2.45) is 0 Å². The highest BCUT2D eigenvalue weighted by Gasteiger charge is 2.18. The molecule has 0 aliphatic carbocycles. The van der Waals surface area contributed by atoms with Gasteiger partial charge in [-0.2, -0.15) is 0 Å². The molecule has 2 unspecified atom stereocenters. The second kappa shape index (κ2) is 9.80. The number of rotatable bonds is 9. The molecular weight excluding hydrogens is 220 g/mol. The van der Waals surface area contributed by atoms with Gasteiger partial charge in [-0.25, -0.2) is 0 Å². The predicted octanol–water partition coefficient (Wildman–Crippen LogP) is 3.81. The average Bonchev–Trinajstić information content (AvgIpc) is 2.37. The van der Waals surface area contributed by atoms with Gasteiger partial charge in [-0.3, -0.25) is 0 Å². The molecule has 1 aliphatic heterocycles. The Morgan fingerprint density at radius 3 is 2.67 bits per heavy atom. The third-order valence-electron chi connectivity index (χ3n) is 4.36. The van der Waals surface area contributed by atoms with Crippen LogP contribution in [0.5, 0.6) is 0 Å². The van der Waals surface area contributed by atoms with Crippen LogP contribution in [0.4, 0.5) is 0 Å². The predicted molar refractivity (Wildman–Crippen MR) is 81.1 cm³/mol. The molecule has 2 heteroatoms. The Hall–Kier alpha value is -0.0800. The maximum absolute atomic E-state index is 3.73. The number of likely N-dealkylation sites (N-methyl/N-ethyl adjacent to an activating group) is 1. The van der Waals surface area contributed by atoms with Gasteiger partial charge >= 0.3 is 0 Å². The van der Waals surface area contributed by atoms with Gasteiger partial charge in [-0.1, -0.05) is 45.4 Å². The van der Waals surface area contributed by atoms with Crippen LogP contribution in [0.1, 0.15) is 71.6 Å². The molecule has 0 bridgehead atoms. The summed E-state index contributed by atoms with van der Waals surface area (Å²) in [6.45, 7) is 7.11. The molecule has 1 rings (SSSR count). The van der Waals surface area contributed by atoms with Gasteiger partial charge in [-0.15, -0.1) is 0 Å². The number of unbranched alkanes of at least 4 members (excludes halogenated alkanes) is 4. The maximum Gasteiger partial charge on any atom is 0.0217 e. The van der Waals surface area contributed by atoms with Crippen molar-refractivity contribution in [3.63, 3.8) is 0 Å². The van der Waals surface area contributed by atoms with Crippen LogP contribution >= 0.6 is 0 Å². The normalized spacial score (nSPS) is 23.2. The van der Waals surface area contributed by atoms with Crippen LogP contribution in [0.2, 0.25) is 0 Å². The van der Waals surface area contributed by atoms with E-state index >= 15 is 0 Å². The third kappa shape index (κ3) is 6.75. The van der Waals surface area contributed by atoms with E-state index in [9.17, 15) is 0 Å². The van der Waals surface area contributed by atoms with Crippen LogP contribution in [0, 0.1) is 0 Å². The Labute approximate surface area is 115 Å². The molecule has 2 nitrogen and oxygen atoms in total. The zero-order valence-corrected chi connectivity index (χ0v) is 12.9. The lowest BCUT2D eigenvalue weighted by Gasteiger charge is -2.33. The molecule has 0 saturated carbocycles.